The summed E-state index contributed by atoms with van der Waals surface area (Å²) in [5, 5.41) is 182. The lowest BCUT2D eigenvalue weighted by Crippen LogP contribution is -2.70. The molecule has 0 radical (unpaired) electrons. The normalized spacial score (nSPS) is 45.5. The quantitative estimate of drug-likeness (QED) is 0.0378. The molecule has 0 aromatic carbocycles. The summed E-state index contributed by atoms with van der Waals surface area (Å²) in [5.41, 5.74) is 5.58. The summed E-state index contributed by atoms with van der Waals surface area (Å²) in [6.45, 7) is -1.91. The summed E-state index contributed by atoms with van der Waals surface area (Å²) in [7, 11) is 0. The summed E-state index contributed by atoms with van der Waals surface area (Å²) in [5.74, 6) is -2.25. The number of amides is 3. The van der Waals surface area contributed by atoms with Crippen molar-refractivity contribution in [2.75, 3.05) is 52.8 Å². The number of hydrogen-bond acceptors (Lipinski definition) is 32. The van der Waals surface area contributed by atoms with E-state index in [1.165, 1.54) is 0 Å². The topological polar surface area (TPSA) is 548 Å². The van der Waals surface area contributed by atoms with E-state index in [1.54, 1.807) is 0 Å². The summed E-state index contributed by atoms with van der Waals surface area (Å²) in [6, 6.07) is -4.75. The average Bonchev–Trinajstić information content (AvgIpc) is 3.59. The molecule has 0 spiro atoms. The van der Waals surface area contributed by atoms with Gasteiger partial charge < -0.3 is 160 Å². The maximum absolute atomic E-state index is 12.8. The lowest BCUT2D eigenvalue weighted by molar-refractivity contribution is -0.394. The van der Waals surface area contributed by atoms with Crippen molar-refractivity contribution in [1.29, 1.82) is 0 Å². The molecular formula is C47H82N4O31. The van der Waals surface area contributed by atoms with E-state index in [4.69, 9.17) is 62.6 Å². The number of nitrogens with one attached hydrogen (secondary N) is 3. The molecule has 0 aromatic rings. The fraction of sp³-hybridized carbons (Fsp3) is 0.936. The Labute approximate surface area is 468 Å². The number of carbonyl (C=O) groups excluding carboxylic acids is 3. The third-order valence-electron chi connectivity index (χ3n) is 14.7. The fourth-order valence-electron chi connectivity index (χ4n) is 10.4. The predicted octanol–water partition coefficient (Wildman–Crippen LogP) is -12.5. The van der Waals surface area contributed by atoms with Crippen molar-refractivity contribution < 1.29 is 153 Å². The third kappa shape index (κ3) is 16.1. The molecule has 0 saturated carbocycles. The van der Waals surface area contributed by atoms with Gasteiger partial charge in [0.25, 0.3) is 0 Å². The molecule has 6 aliphatic heterocycles. The molecule has 6 rings (SSSR count). The molecule has 6 fully saturated rings. The summed E-state index contributed by atoms with van der Waals surface area (Å²) in [4.78, 5) is 37.4. The Balaban J connectivity index is 1.31. The van der Waals surface area contributed by atoms with Crippen LogP contribution in [0.1, 0.15) is 40.0 Å². The second kappa shape index (κ2) is 31.2. The van der Waals surface area contributed by atoms with Gasteiger partial charge >= 0.3 is 0 Å². The Kier molecular flexibility index (Phi) is 26.0. The van der Waals surface area contributed by atoms with Crippen LogP contribution in [0.3, 0.4) is 0 Å². The molecule has 0 aromatic heterocycles. The van der Waals surface area contributed by atoms with Gasteiger partial charge in [0, 0.05) is 27.4 Å². The van der Waals surface area contributed by atoms with Gasteiger partial charge in [-0.05, 0) is 25.8 Å². The van der Waals surface area contributed by atoms with E-state index in [-0.39, 0.29) is 6.61 Å². The second-order valence-electron chi connectivity index (χ2n) is 20.7. The van der Waals surface area contributed by atoms with Gasteiger partial charge in [-0.1, -0.05) is 0 Å². The Morgan fingerprint density at radius 3 is 1.28 bits per heavy atom. The number of carbonyl (C=O) groups is 3. The zero-order valence-corrected chi connectivity index (χ0v) is 45.0. The molecule has 35 nitrogen and oxygen atoms in total. The van der Waals surface area contributed by atoms with E-state index in [1.807, 2.05) is 0 Å². The van der Waals surface area contributed by atoms with Crippen molar-refractivity contribution >= 4 is 17.7 Å². The number of aliphatic hydroxyl groups is 16. The summed E-state index contributed by atoms with van der Waals surface area (Å²) in [6.07, 6.45) is -49.2. The molecule has 0 unspecified atom stereocenters. The Morgan fingerprint density at radius 2 is 0.768 bits per heavy atom. The lowest BCUT2D eigenvalue weighted by Gasteiger charge is -2.51. The van der Waals surface area contributed by atoms with Crippen LogP contribution in [0.5, 0.6) is 0 Å². The minimum Gasteiger partial charge on any atom is -0.394 e. The Hall–Kier alpha value is -2.75. The molecule has 6 aliphatic rings. The molecule has 0 bridgehead atoms. The standard InChI is InChI=1S/C47H82N4O31/c1-15(57)49-24-31(64)27(60)18(9-52)73-43(24)82-41-35(68)29(62)20(11-54)75-47(41)81-40-30(63)23(14-72-45-36(69)34(67)28(61)19(10-53)74-45)78-46(37(40)70)80-39-22(13-56)77-44(26(33(39)66)51-17(3)59)79-38-21(12-55)76-42(71-8-6-4-5-7-48)25(32(38)65)50-16(2)58/h18-47,52-56,60-70H,4-14,48H2,1-3H3,(H,49,57)(H,50,58)(H,51,59)/t18-,19-,20-,21-,22-,23-,24-,25-,26-,27-,28-,29-,30-,31-,32-,33-,34+,35+,36+,37+,38-,39-,40+,41+,42-,43+,44+,45+,46+,47-/m1/s1. The van der Waals surface area contributed by atoms with Crippen LogP contribution in [-0.4, -0.2) is 336 Å². The molecule has 0 aliphatic carbocycles. The van der Waals surface area contributed by atoms with Gasteiger partial charge in [0.2, 0.25) is 17.7 Å². The Bertz CT molecular complexity index is 1980. The van der Waals surface area contributed by atoms with Crippen LogP contribution in [0.4, 0.5) is 0 Å². The van der Waals surface area contributed by atoms with E-state index in [9.17, 15) is 96.1 Å². The molecule has 82 heavy (non-hydrogen) atoms. The van der Waals surface area contributed by atoms with Gasteiger partial charge in [0.1, 0.15) is 146 Å². The van der Waals surface area contributed by atoms with Crippen molar-refractivity contribution in [3.8, 4) is 0 Å². The van der Waals surface area contributed by atoms with E-state index < -0.39 is 241 Å². The average molecular weight is 1200 g/mol. The molecular weight excluding hydrogens is 1120 g/mol. The van der Waals surface area contributed by atoms with Gasteiger partial charge in [0.15, 0.2) is 37.7 Å². The Morgan fingerprint density at radius 1 is 0.366 bits per heavy atom. The van der Waals surface area contributed by atoms with Gasteiger partial charge in [-0.15, -0.1) is 0 Å². The highest BCUT2D eigenvalue weighted by Gasteiger charge is 2.58. The van der Waals surface area contributed by atoms with E-state index in [0.717, 1.165) is 20.8 Å². The number of rotatable bonds is 25. The number of nitrogens with two attached hydrogens (primary N) is 1. The van der Waals surface area contributed by atoms with Crippen LogP contribution in [0.15, 0.2) is 0 Å². The SMILES string of the molecule is CC(=O)N[C@H]1[C@H](O[C@H]2[C@H](O)[C@@H](NC(C)=O)[C@H](OCCCCCN)O[C@@H]2CO)O[C@H](CO)[C@@H](O[C@@H]2O[C@H](CO[C@H]3O[C@H](CO)[C@@H](O)[C@H](O)[C@@H]3O)[C@@H](O)[C@H](O[C@H]3O[C@H](CO)[C@@H](O)[C@H](O)[C@@H]3O[C@@H]3O[C@H](CO)[C@@H](O)[C@H](O)[C@H]3NC(C)=O)[C@@H]2O)[C@@H]1O. The number of aliphatic hydroxyl groups excluding tert-OH is 16. The van der Waals surface area contributed by atoms with Crippen molar-refractivity contribution in [2.45, 2.75) is 224 Å². The van der Waals surface area contributed by atoms with E-state index in [0.29, 0.717) is 25.8 Å². The molecule has 476 valence electrons. The van der Waals surface area contributed by atoms with Gasteiger partial charge in [0.05, 0.1) is 39.6 Å². The zero-order valence-electron chi connectivity index (χ0n) is 45.0. The van der Waals surface area contributed by atoms with Crippen molar-refractivity contribution in [3.63, 3.8) is 0 Å². The van der Waals surface area contributed by atoms with Gasteiger partial charge in [-0.3, -0.25) is 14.4 Å². The molecule has 6 heterocycles. The van der Waals surface area contributed by atoms with Crippen LogP contribution in [0.2, 0.25) is 0 Å². The highest BCUT2D eigenvalue weighted by Crippen LogP contribution is 2.37. The fourth-order valence-corrected chi connectivity index (χ4v) is 10.4. The van der Waals surface area contributed by atoms with Gasteiger partial charge in [-0.25, -0.2) is 0 Å². The number of hydrogen-bond donors (Lipinski definition) is 20. The van der Waals surface area contributed by atoms with E-state index in [2.05, 4.69) is 16.0 Å². The maximum Gasteiger partial charge on any atom is 0.217 e. The van der Waals surface area contributed by atoms with Crippen LogP contribution in [0, 0.1) is 0 Å². The second-order valence-corrected chi connectivity index (χ2v) is 20.7. The van der Waals surface area contributed by atoms with Crippen LogP contribution >= 0.6 is 0 Å². The van der Waals surface area contributed by atoms with Crippen molar-refractivity contribution in [1.82, 2.24) is 16.0 Å². The smallest absolute Gasteiger partial charge is 0.217 e. The third-order valence-corrected chi connectivity index (χ3v) is 14.7. The van der Waals surface area contributed by atoms with Crippen LogP contribution in [-0.2, 0) is 71.2 Å². The maximum atomic E-state index is 12.8. The molecule has 21 N–H and O–H groups in total. The predicted molar refractivity (Wildman–Crippen MR) is 261 cm³/mol. The first-order valence-corrected chi connectivity index (χ1v) is 26.8. The van der Waals surface area contributed by atoms with Crippen molar-refractivity contribution in [2.24, 2.45) is 5.73 Å². The minimum atomic E-state index is -2.34. The van der Waals surface area contributed by atoms with Crippen LogP contribution in [0.25, 0.3) is 0 Å². The van der Waals surface area contributed by atoms with E-state index >= 15 is 0 Å². The zero-order chi connectivity index (χ0) is 60.4. The first-order valence-electron chi connectivity index (χ1n) is 26.8. The molecule has 6 saturated heterocycles. The minimum absolute atomic E-state index is 0.0965. The first-order chi connectivity index (χ1) is 38.9. The first kappa shape index (κ1) is 68.4. The number of unbranched alkanes of at least 4 members (excludes halogenated alkanes) is 2. The molecule has 30 atom stereocenters. The molecule has 3 amide bonds. The lowest BCUT2D eigenvalue weighted by atomic mass is 9.93. The summed E-state index contributed by atoms with van der Waals surface area (Å²) >= 11 is 0. The van der Waals surface area contributed by atoms with Crippen molar-refractivity contribution in [3.05, 3.63) is 0 Å². The monoisotopic (exact) mass is 1200 g/mol. The highest BCUT2D eigenvalue weighted by molar-refractivity contribution is 5.74. The number of ether oxygens (including phenoxy) is 12. The molecule has 35 heteroatoms. The largest absolute Gasteiger partial charge is 0.394 e. The highest BCUT2D eigenvalue weighted by atomic mass is 16.8. The van der Waals surface area contributed by atoms with Crippen LogP contribution < -0.4 is 21.7 Å². The summed E-state index contributed by atoms with van der Waals surface area (Å²) < 4.78 is 70.8. The van der Waals surface area contributed by atoms with Gasteiger partial charge in [-0.2, -0.15) is 0 Å².